The zero-order valence-electron chi connectivity index (χ0n) is 8.37. The van der Waals surface area contributed by atoms with Gasteiger partial charge in [0, 0.05) is 16.6 Å². The normalized spacial score (nSPS) is 12.3. The van der Waals surface area contributed by atoms with E-state index in [4.69, 9.17) is 0 Å². The Morgan fingerprint density at radius 1 is 1.13 bits per heavy atom. The van der Waals surface area contributed by atoms with E-state index in [9.17, 15) is 13.2 Å². The molecule has 0 aliphatic rings. The lowest BCUT2D eigenvalue weighted by Gasteiger charge is -2.06. The number of hydrogen-bond donors (Lipinski definition) is 1. The molecule has 0 aliphatic heterocycles. The van der Waals surface area contributed by atoms with E-state index in [0.717, 1.165) is 22.8 Å². The van der Waals surface area contributed by atoms with Crippen molar-refractivity contribution >= 4 is 10.9 Å². The molecule has 0 atom stereocenters. The van der Waals surface area contributed by atoms with Crippen molar-refractivity contribution in [3.8, 4) is 0 Å². The van der Waals surface area contributed by atoms with Gasteiger partial charge < -0.3 is 4.98 Å². The summed E-state index contributed by atoms with van der Waals surface area (Å²) < 4.78 is 37.3. The molecule has 2 aromatic rings. The Morgan fingerprint density at radius 2 is 1.80 bits per heavy atom. The number of fused-ring (bicyclic) bond motifs is 1. The van der Waals surface area contributed by atoms with Crippen molar-refractivity contribution in [2.75, 3.05) is 0 Å². The number of alkyl halides is 3. The van der Waals surface area contributed by atoms with E-state index in [2.05, 4.69) is 4.98 Å². The fourth-order valence-electron chi connectivity index (χ4n) is 1.64. The molecule has 0 spiro atoms. The Kier molecular flexibility index (Phi) is 2.03. The van der Waals surface area contributed by atoms with Crippen molar-refractivity contribution in [2.45, 2.75) is 20.0 Å². The minimum absolute atomic E-state index is 0.600. The molecule has 1 aromatic carbocycles. The summed E-state index contributed by atoms with van der Waals surface area (Å²) in [4.78, 5) is 3.04. The number of aromatic nitrogens is 1. The minimum atomic E-state index is -4.27. The molecule has 0 radical (unpaired) electrons. The Hall–Kier alpha value is -1.45. The number of nitrogens with one attached hydrogen (secondary N) is 1. The van der Waals surface area contributed by atoms with Crippen LogP contribution in [0.25, 0.3) is 10.9 Å². The van der Waals surface area contributed by atoms with E-state index < -0.39 is 11.7 Å². The minimum Gasteiger partial charge on any atom is -0.358 e. The van der Waals surface area contributed by atoms with Gasteiger partial charge in [-0.25, -0.2) is 0 Å². The van der Waals surface area contributed by atoms with E-state index in [1.807, 2.05) is 13.8 Å². The predicted molar refractivity (Wildman–Crippen MR) is 52.8 cm³/mol. The first kappa shape index (κ1) is 10.1. The highest BCUT2D eigenvalue weighted by molar-refractivity contribution is 5.85. The highest BCUT2D eigenvalue weighted by Gasteiger charge is 2.30. The molecule has 0 amide bonds. The second kappa shape index (κ2) is 3.02. The zero-order chi connectivity index (χ0) is 11.2. The van der Waals surface area contributed by atoms with Crippen LogP contribution in [-0.4, -0.2) is 4.98 Å². The maximum atomic E-state index is 12.4. The predicted octanol–water partition coefficient (Wildman–Crippen LogP) is 3.80. The first-order chi connectivity index (χ1) is 6.89. The van der Waals surface area contributed by atoms with Gasteiger partial charge in [0.2, 0.25) is 0 Å². The first-order valence-electron chi connectivity index (χ1n) is 4.55. The van der Waals surface area contributed by atoms with Crippen LogP contribution in [0.2, 0.25) is 0 Å². The van der Waals surface area contributed by atoms with Crippen LogP contribution in [0, 0.1) is 13.8 Å². The fraction of sp³-hybridized carbons (Fsp3) is 0.273. The lowest BCUT2D eigenvalue weighted by atomic mass is 10.1. The Balaban J connectivity index is 2.70. The molecule has 1 N–H and O–H groups in total. The summed E-state index contributed by atoms with van der Waals surface area (Å²) in [5, 5.41) is 0.641. The number of aryl methyl sites for hydroxylation is 2. The van der Waals surface area contributed by atoms with Gasteiger partial charge in [-0.2, -0.15) is 13.2 Å². The van der Waals surface area contributed by atoms with Crippen LogP contribution in [-0.2, 0) is 6.18 Å². The molecule has 2 rings (SSSR count). The average Bonchev–Trinajstić information content (AvgIpc) is 2.41. The summed E-state index contributed by atoms with van der Waals surface area (Å²) >= 11 is 0. The van der Waals surface area contributed by atoms with Gasteiger partial charge in [-0.1, -0.05) is 0 Å². The van der Waals surface area contributed by atoms with E-state index in [1.54, 1.807) is 0 Å². The second-order valence-electron chi connectivity index (χ2n) is 3.63. The number of halogens is 3. The van der Waals surface area contributed by atoms with E-state index in [-0.39, 0.29) is 0 Å². The number of hydrogen-bond acceptors (Lipinski definition) is 0. The zero-order valence-corrected chi connectivity index (χ0v) is 8.37. The molecule has 0 aliphatic carbocycles. The highest BCUT2D eigenvalue weighted by Crippen LogP contribution is 2.32. The topological polar surface area (TPSA) is 15.8 Å². The van der Waals surface area contributed by atoms with Crippen molar-refractivity contribution in [3.05, 3.63) is 35.0 Å². The van der Waals surface area contributed by atoms with E-state index in [0.29, 0.717) is 5.39 Å². The molecule has 4 heteroatoms. The summed E-state index contributed by atoms with van der Waals surface area (Å²) in [5.74, 6) is 0. The van der Waals surface area contributed by atoms with Crippen LogP contribution in [0.5, 0.6) is 0 Å². The number of aromatic amines is 1. The van der Waals surface area contributed by atoms with Gasteiger partial charge in [0.15, 0.2) is 0 Å². The molecule has 1 aromatic heterocycles. The van der Waals surface area contributed by atoms with Crippen LogP contribution >= 0.6 is 0 Å². The third kappa shape index (κ3) is 1.60. The third-order valence-corrected chi connectivity index (χ3v) is 2.64. The molecule has 0 unspecified atom stereocenters. The number of H-pyrrole nitrogens is 1. The molecule has 0 fully saturated rings. The van der Waals surface area contributed by atoms with Crippen molar-refractivity contribution in [2.24, 2.45) is 0 Å². The molecular weight excluding hydrogens is 203 g/mol. The van der Waals surface area contributed by atoms with Crippen LogP contribution in [0.15, 0.2) is 18.2 Å². The molecule has 15 heavy (non-hydrogen) atoms. The van der Waals surface area contributed by atoms with Crippen molar-refractivity contribution in [1.29, 1.82) is 0 Å². The monoisotopic (exact) mass is 213 g/mol. The summed E-state index contributed by atoms with van der Waals surface area (Å²) in [6.45, 7) is 3.66. The van der Waals surface area contributed by atoms with Gasteiger partial charge in [-0.3, -0.25) is 0 Å². The quantitative estimate of drug-likeness (QED) is 0.685. The largest absolute Gasteiger partial charge is 0.416 e. The summed E-state index contributed by atoms with van der Waals surface area (Å²) in [7, 11) is 0. The fourth-order valence-corrected chi connectivity index (χ4v) is 1.64. The SMILES string of the molecule is Cc1[nH]c2ccc(C(F)(F)F)cc2c1C. The van der Waals surface area contributed by atoms with Crippen LogP contribution in [0.3, 0.4) is 0 Å². The van der Waals surface area contributed by atoms with Gasteiger partial charge in [0.25, 0.3) is 0 Å². The Labute approximate surface area is 84.9 Å². The lowest BCUT2D eigenvalue weighted by Crippen LogP contribution is -2.04. The van der Waals surface area contributed by atoms with Gasteiger partial charge >= 0.3 is 6.18 Å². The van der Waals surface area contributed by atoms with E-state index in [1.165, 1.54) is 12.1 Å². The van der Waals surface area contributed by atoms with Gasteiger partial charge in [0.05, 0.1) is 5.56 Å². The molecule has 1 nitrogen and oxygen atoms in total. The Morgan fingerprint density at radius 3 is 2.40 bits per heavy atom. The summed E-state index contributed by atoms with van der Waals surface area (Å²) in [6, 6.07) is 3.75. The maximum Gasteiger partial charge on any atom is 0.416 e. The van der Waals surface area contributed by atoms with Gasteiger partial charge in [-0.05, 0) is 37.6 Å². The molecule has 0 saturated heterocycles. The second-order valence-corrected chi connectivity index (χ2v) is 3.63. The Bertz CT molecular complexity index is 508. The van der Waals surface area contributed by atoms with Crippen LogP contribution in [0.4, 0.5) is 13.2 Å². The van der Waals surface area contributed by atoms with Gasteiger partial charge in [-0.15, -0.1) is 0 Å². The number of benzene rings is 1. The average molecular weight is 213 g/mol. The summed E-state index contributed by atoms with van der Waals surface area (Å²) in [6.07, 6.45) is -4.27. The molecule has 80 valence electrons. The van der Waals surface area contributed by atoms with Crippen molar-refractivity contribution in [3.63, 3.8) is 0 Å². The standard InChI is InChI=1S/C11H10F3N/c1-6-7(2)15-10-4-3-8(5-9(6)10)11(12,13)14/h3-5,15H,1-2H3. The van der Waals surface area contributed by atoms with E-state index >= 15 is 0 Å². The van der Waals surface area contributed by atoms with Crippen LogP contribution < -0.4 is 0 Å². The molecule has 1 heterocycles. The van der Waals surface area contributed by atoms with Gasteiger partial charge in [0.1, 0.15) is 0 Å². The third-order valence-electron chi connectivity index (χ3n) is 2.64. The number of rotatable bonds is 0. The van der Waals surface area contributed by atoms with Crippen molar-refractivity contribution in [1.82, 2.24) is 4.98 Å². The van der Waals surface area contributed by atoms with Crippen molar-refractivity contribution < 1.29 is 13.2 Å². The highest BCUT2D eigenvalue weighted by atomic mass is 19.4. The molecular formula is C11H10F3N. The summed E-state index contributed by atoms with van der Waals surface area (Å²) in [5.41, 5.74) is 1.93. The van der Waals surface area contributed by atoms with Crippen LogP contribution in [0.1, 0.15) is 16.8 Å². The maximum absolute atomic E-state index is 12.4. The smallest absolute Gasteiger partial charge is 0.358 e. The molecule has 0 bridgehead atoms. The molecule has 0 saturated carbocycles. The lowest BCUT2D eigenvalue weighted by molar-refractivity contribution is -0.137. The first-order valence-corrected chi connectivity index (χ1v) is 4.55.